The van der Waals surface area contributed by atoms with Crippen LogP contribution in [0.2, 0.25) is 0 Å². The Morgan fingerprint density at radius 2 is 1.69 bits per heavy atom. The van der Waals surface area contributed by atoms with Crippen molar-refractivity contribution in [3.8, 4) is 0 Å². The summed E-state index contributed by atoms with van der Waals surface area (Å²) < 4.78 is 77.6. The van der Waals surface area contributed by atoms with Gasteiger partial charge in [-0.2, -0.15) is 13.2 Å². The van der Waals surface area contributed by atoms with Crippen LogP contribution in [0.3, 0.4) is 0 Å². The molecule has 0 aliphatic carbocycles. The molecule has 0 fully saturated rings. The van der Waals surface area contributed by atoms with Gasteiger partial charge in [0.1, 0.15) is 5.82 Å². The minimum atomic E-state index is -4.70. The van der Waals surface area contributed by atoms with Gasteiger partial charge in [-0.1, -0.05) is 6.07 Å². The predicted octanol–water partition coefficient (Wildman–Crippen LogP) is 3.07. The van der Waals surface area contributed by atoms with Gasteiger partial charge in [0.15, 0.2) is 0 Å². The average molecular weight is 390 g/mol. The third kappa shape index (κ3) is 5.02. The highest BCUT2D eigenvalue weighted by molar-refractivity contribution is 7.89. The number of nitrogens with one attached hydrogen (secondary N) is 2. The summed E-state index contributed by atoms with van der Waals surface area (Å²) in [5.41, 5.74) is -0.952. The fraction of sp³-hybridized carbons (Fsp3) is 0.188. The van der Waals surface area contributed by atoms with E-state index in [0.717, 1.165) is 24.3 Å². The van der Waals surface area contributed by atoms with Gasteiger partial charge in [0.2, 0.25) is 15.9 Å². The van der Waals surface area contributed by atoms with Crippen molar-refractivity contribution in [2.24, 2.45) is 0 Å². The monoisotopic (exact) mass is 390 g/mol. The molecule has 0 saturated carbocycles. The molecule has 0 aliphatic heterocycles. The van der Waals surface area contributed by atoms with Crippen LogP contribution < -0.4 is 10.0 Å². The molecule has 0 aromatic heterocycles. The van der Waals surface area contributed by atoms with Gasteiger partial charge in [0.25, 0.3) is 0 Å². The number of carbonyl (C=O) groups excluding carboxylic acids is 1. The Hall–Kier alpha value is -2.46. The highest BCUT2D eigenvalue weighted by Crippen LogP contribution is 2.33. The second kappa shape index (κ2) is 7.42. The number of alkyl halides is 3. The van der Waals surface area contributed by atoms with Crippen molar-refractivity contribution in [2.75, 3.05) is 11.9 Å². The van der Waals surface area contributed by atoms with Crippen LogP contribution in [0.15, 0.2) is 47.4 Å². The zero-order valence-corrected chi connectivity index (χ0v) is 14.2. The molecule has 1 amide bonds. The zero-order valence-electron chi connectivity index (χ0n) is 13.4. The number of hydrogen-bond acceptors (Lipinski definition) is 3. The number of benzene rings is 2. The number of aryl methyl sites for hydroxylation is 1. The Morgan fingerprint density at radius 1 is 1.08 bits per heavy atom. The molecular weight excluding hydrogens is 376 g/mol. The Labute approximate surface area is 147 Å². The first kappa shape index (κ1) is 19.9. The molecule has 0 bridgehead atoms. The first-order valence-corrected chi connectivity index (χ1v) is 8.70. The Morgan fingerprint density at radius 3 is 2.27 bits per heavy atom. The molecule has 0 saturated heterocycles. The summed E-state index contributed by atoms with van der Waals surface area (Å²) in [7, 11) is -4.32. The number of anilines is 1. The summed E-state index contributed by atoms with van der Waals surface area (Å²) >= 11 is 0. The van der Waals surface area contributed by atoms with Crippen molar-refractivity contribution < 1.29 is 30.8 Å². The summed E-state index contributed by atoms with van der Waals surface area (Å²) in [6, 6.07) is 7.32. The lowest BCUT2D eigenvalue weighted by atomic mass is 10.1. The van der Waals surface area contributed by atoms with Crippen molar-refractivity contribution >= 4 is 21.6 Å². The van der Waals surface area contributed by atoms with Gasteiger partial charge in [-0.15, -0.1) is 0 Å². The second-order valence-corrected chi connectivity index (χ2v) is 7.12. The molecule has 0 heterocycles. The minimum absolute atomic E-state index is 0.120. The summed E-state index contributed by atoms with van der Waals surface area (Å²) in [6.07, 6.45) is -4.70. The third-order valence-electron chi connectivity index (χ3n) is 3.38. The van der Waals surface area contributed by atoms with Crippen LogP contribution in [0.5, 0.6) is 0 Å². The predicted molar refractivity (Wildman–Crippen MR) is 86.4 cm³/mol. The Kier molecular flexibility index (Phi) is 5.67. The zero-order chi connectivity index (χ0) is 19.5. The third-order valence-corrected chi connectivity index (χ3v) is 4.77. The maximum Gasteiger partial charge on any atom is 0.416 e. The van der Waals surface area contributed by atoms with Crippen molar-refractivity contribution in [3.05, 3.63) is 59.4 Å². The molecule has 10 heteroatoms. The van der Waals surface area contributed by atoms with Gasteiger partial charge >= 0.3 is 6.18 Å². The van der Waals surface area contributed by atoms with E-state index in [1.807, 2.05) is 4.72 Å². The number of sulfonamides is 1. The van der Waals surface area contributed by atoms with E-state index in [9.17, 15) is 30.8 Å². The van der Waals surface area contributed by atoms with Crippen molar-refractivity contribution in [1.82, 2.24) is 4.72 Å². The van der Waals surface area contributed by atoms with Crippen LogP contribution in [0.4, 0.5) is 23.2 Å². The molecule has 2 aromatic rings. The van der Waals surface area contributed by atoms with Crippen LogP contribution in [0, 0.1) is 12.7 Å². The molecule has 0 atom stereocenters. The maximum absolute atomic E-state index is 12.9. The molecule has 0 aliphatic rings. The molecule has 2 N–H and O–H groups in total. The average Bonchev–Trinajstić information content (AvgIpc) is 2.54. The van der Waals surface area contributed by atoms with Crippen LogP contribution in [-0.4, -0.2) is 20.9 Å². The van der Waals surface area contributed by atoms with E-state index in [1.54, 1.807) is 0 Å². The fourth-order valence-electron chi connectivity index (χ4n) is 2.06. The largest absolute Gasteiger partial charge is 0.416 e. The molecule has 2 rings (SSSR count). The van der Waals surface area contributed by atoms with E-state index < -0.39 is 44.9 Å². The number of carbonyl (C=O) groups is 1. The lowest BCUT2D eigenvalue weighted by Crippen LogP contribution is -2.33. The van der Waals surface area contributed by atoms with Gasteiger partial charge in [-0.05, 0) is 48.9 Å². The standard InChI is InChI=1S/C16H14F4N2O3S/c1-10-2-7-13(8-14(10)16(18,19)20)26(24,25)21-9-15(23)22-12-5-3-11(17)4-6-12/h2-8,21H,9H2,1H3,(H,22,23). The second-order valence-electron chi connectivity index (χ2n) is 5.35. The first-order chi connectivity index (χ1) is 12.0. The van der Waals surface area contributed by atoms with E-state index in [1.165, 1.54) is 19.1 Å². The Balaban J connectivity index is 2.09. The summed E-state index contributed by atoms with van der Waals surface area (Å²) in [6.45, 7) is 0.512. The fourth-order valence-corrected chi connectivity index (χ4v) is 3.06. The number of halogens is 4. The summed E-state index contributed by atoms with van der Waals surface area (Å²) in [4.78, 5) is 11.1. The summed E-state index contributed by atoms with van der Waals surface area (Å²) in [5.74, 6) is -1.27. The molecule has 0 spiro atoms. The van der Waals surface area contributed by atoms with Gasteiger partial charge < -0.3 is 5.32 Å². The van der Waals surface area contributed by atoms with Crippen LogP contribution in [0.1, 0.15) is 11.1 Å². The Bertz CT molecular complexity index is 910. The van der Waals surface area contributed by atoms with Gasteiger partial charge in [0, 0.05) is 5.69 Å². The number of amides is 1. The van der Waals surface area contributed by atoms with E-state index in [4.69, 9.17) is 0 Å². The highest BCUT2D eigenvalue weighted by atomic mass is 32.2. The minimum Gasteiger partial charge on any atom is -0.325 e. The normalized spacial score (nSPS) is 12.0. The molecule has 5 nitrogen and oxygen atoms in total. The highest BCUT2D eigenvalue weighted by Gasteiger charge is 2.33. The molecule has 26 heavy (non-hydrogen) atoms. The molecule has 0 unspecified atom stereocenters. The van der Waals surface area contributed by atoms with E-state index >= 15 is 0 Å². The molecule has 2 aromatic carbocycles. The number of hydrogen-bond donors (Lipinski definition) is 2. The molecular formula is C16H14F4N2O3S. The van der Waals surface area contributed by atoms with E-state index in [-0.39, 0.29) is 11.3 Å². The lowest BCUT2D eigenvalue weighted by molar-refractivity contribution is -0.138. The molecule has 0 radical (unpaired) electrons. The van der Waals surface area contributed by atoms with Gasteiger partial charge in [-0.3, -0.25) is 4.79 Å². The maximum atomic E-state index is 12.9. The van der Waals surface area contributed by atoms with Crippen LogP contribution in [0.25, 0.3) is 0 Å². The van der Waals surface area contributed by atoms with Crippen LogP contribution in [-0.2, 0) is 21.0 Å². The van der Waals surface area contributed by atoms with Crippen molar-refractivity contribution in [1.29, 1.82) is 0 Å². The SMILES string of the molecule is Cc1ccc(S(=O)(=O)NCC(=O)Nc2ccc(F)cc2)cc1C(F)(F)F. The summed E-state index contributed by atoms with van der Waals surface area (Å²) in [5, 5.41) is 2.33. The smallest absolute Gasteiger partial charge is 0.325 e. The van der Waals surface area contributed by atoms with Crippen molar-refractivity contribution in [3.63, 3.8) is 0 Å². The lowest BCUT2D eigenvalue weighted by Gasteiger charge is -2.13. The topological polar surface area (TPSA) is 75.3 Å². The number of rotatable bonds is 5. The first-order valence-electron chi connectivity index (χ1n) is 7.22. The van der Waals surface area contributed by atoms with Crippen molar-refractivity contribution in [2.45, 2.75) is 18.0 Å². The van der Waals surface area contributed by atoms with E-state index in [0.29, 0.717) is 6.07 Å². The molecule has 140 valence electrons. The van der Waals surface area contributed by atoms with Crippen LogP contribution >= 0.6 is 0 Å². The van der Waals surface area contributed by atoms with Gasteiger partial charge in [0.05, 0.1) is 17.0 Å². The quantitative estimate of drug-likeness (QED) is 0.771. The van der Waals surface area contributed by atoms with E-state index in [2.05, 4.69) is 5.32 Å². The van der Waals surface area contributed by atoms with Gasteiger partial charge in [-0.25, -0.2) is 17.5 Å².